The normalized spacial score (nSPS) is 12.4. The number of aromatic nitrogens is 4. The highest BCUT2D eigenvalue weighted by Gasteiger charge is 2.25. The first-order valence-electron chi connectivity index (χ1n) is 11.2. The van der Waals surface area contributed by atoms with Crippen LogP contribution in [0.25, 0.3) is 22.3 Å². The van der Waals surface area contributed by atoms with E-state index in [2.05, 4.69) is 56.9 Å². The molecule has 0 spiro atoms. The van der Waals surface area contributed by atoms with Gasteiger partial charge in [-0.1, -0.05) is 54.6 Å². The maximum atomic E-state index is 13.1. The quantitative estimate of drug-likeness (QED) is 0.361. The molecule has 0 aliphatic heterocycles. The fourth-order valence-corrected chi connectivity index (χ4v) is 4.61. The number of nitrogens with zero attached hydrogens (tertiary/aromatic N) is 2. The average molecular weight is 434 g/mol. The molecule has 0 bridgehead atoms. The third kappa shape index (κ3) is 3.69. The van der Waals surface area contributed by atoms with Crippen molar-refractivity contribution in [1.29, 1.82) is 0 Å². The zero-order chi connectivity index (χ0) is 22.2. The minimum Gasteiger partial charge on any atom is -0.342 e. The van der Waals surface area contributed by atoms with Gasteiger partial charge < -0.3 is 10.3 Å². The molecule has 5 aromatic rings. The molecule has 2 heterocycles. The molecule has 6 rings (SSSR count). The van der Waals surface area contributed by atoms with Crippen LogP contribution in [0, 0.1) is 0 Å². The van der Waals surface area contributed by atoms with Gasteiger partial charge in [0.15, 0.2) is 0 Å². The lowest BCUT2D eigenvalue weighted by atomic mass is 9.89. The predicted molar refractivity (Wildman–Crippen MR) is 129 cm³/mol. The van der Waals surface area contributed by atoms with Gasteiger partial charge in [0.1, 0.15) is 11.5 Å². The molecule has 0 radical (unpaired) electrons. The van der Waals surface area contributed by atoms with Crippen molar-refractivity contribution in [3.63, 3.8) is 0 Å². The Balaban J connectivity index is 1.20. The van der Waals surface area contributed by atoms with E-state index in [0.29, 0.717) is 5.69 Å². The van der Waals surface area contributed by atoms with Crippen LogP contribution in [0.3, 0.4) is 0 Å². The van der Waals surface area contributed by atoms with Crippen molar-refractivity contribution < 1.29 is 4.79 Å². The maximum absolute atomic E-state index is 13.1. The number of carbonyl (C=O) groups excluding carboxylic acids is 1. The Labute approximate surface area is 191 Å². The predicted octanol–water partition coefficient (Wildman–Crippen LogP) is 5.09. The van der Waals surface area contributed by atoms with Crippen molar-refractivity contribution in [3.8, 4) is 11.3 Å². The molecular formula is C27H23N5O. The van der Waals surface area contributed by atoms with E-state index in [9.17, 15) is 4.79 Å². The topological polar surface area (TPSA) is 86.5 Å². The number of amides is 1. The number of carbonyl (C=O) groups is 1. The number of hydrogen-bond donors (Lipinski definition) is 3. The number of nitrogens with one attached hydrogen (secondary N) is 3. The zero-order valence-electron chi connectivity index (χ0n) is 18.1. The third-order valence-electron chi connectivity index (χ3n) is 6.29. The van der Waals surface area contributed by atoms with Crippen LogP contribution in [0.4, 0.5) is 5.69 Å². The monoisotopic (exact) mass is 433 g/mol. The van der Waals surface area contributed by atoms with Crippen LogP contribution in [-0.4, -0.2) is 26.1 Å². The summed E-state index contributed by atoms with van der Waals surface area (Å²) < 4.78 is 0. The van der Waals surface area contributed by atoms with E-state index in [-0.39, 0.29) is 5.91 Å². The van der Waals surface area contributed by atoms with Crippen LogP contribution < -0.4 is 5.32 Å². The summed E-state index contributed by atoms with van der Waals surface area (Å²) in [6.07, 6.45) is 3.48. The van der Waals surface area contributed by atoms with E-state index >= 15 is 0 Å². The molecule has 0 saturated heterocycles. The Hall–Kier alpha value is -4.19. The van der Waals surface area contributed by atoms with Gasteiger partial charge in [-0.05, 0) is 48.6 Å². The van der Waals surface area contributed by atoms with Crippen LogP contribution >= 0.6 is 0 Å². The number of fused-ring (bicyclic) bond motifs is 4. The van der Waals surface area contributed by atoms with Gasteiger partial charge in [0.2, 0.25) is 0 Å². The van der Waals surface area contributed by atoms with E-state index < -0.39 is 0 Å². The first kappa shape index (κ1) is 19.5. The van der Waals surface area contributed by atoms with Gasteiger partial charge in [-0.2, -0.15) is 5.10 Å². The van der Waals surface area contributed by atoms with Crippen molar-refractivity contribution in [2.45, 2.75) is 25.7 Å². The van der Waals surface area contributed by atoms with E-state index in [0.717, 1.165) is 65.0 Å². The molecule has 0 unspecified atom stereocenters. The van der Waals surface area contributed by atoms with Crippen LogP contribution in [0.5, 0.6) is 0 Å². The number of anilines is 1. The third-order valence-corrected chi connectivity index (χ3v) is 6.29. The van der Waals surface area contributed by atoms with E-state index in [1.54, 1.807) is 0 Å². The molecule has 0 atom stereocenters. The summed E-state index contributed by atoms with van der Waals surface area (Å²) >= 11 is 0. The van der Waals surface area contributed by atoms with Crippen molar-refractivity contribution in [2.24, 2.45) is 0 Å². The molecule has 1 amide bonds. The lowest BCUT2D eigenvalue weighted by molar-refractivity contribution is 0.102. The van der Waals surface area contributed by atoms with Gasteiger partial charge >= 0.3 is 0 Å². The van der Waals surface area contributed by atoms with Crippen molar-refractivity contribution in [1.82, 2.24) is 20.2 Å². The van der Waals surface area contributed by atoms with E-state index in [1.807, 2.05) is 36.4 Å². The summed E-state index contributed by atoms with van der Waals surface area (Å²) in [5.41, 5.74) is 8.61. The number of benzene rings is 3. The first-order chi connectivity index (χ1) is 16.2. The van der Waals surface area contributed by atoms with Gasteiger partial charge in [0.05, 0.1) is 16.7 Å². The zero-order valence-corrected chi connectivity index (χ0v) is 18.1. The van der Waals surface area contributed by atoms with Gasteiger partial charge in [0.25, 0.3) is 5.91 Å². The summed E-state index contributed by atoms with van der Waals surface area (Å²) in [5.74, 6) is 0.768. The van der Waals surface area contributed by atoms with Gasteiger partial charge in [-0.3, -0.25) is 9.89 Å². The summed E-state index contributed by atoms with van der Waals surface area (Å²) in [4.78, 5) is 21.1. The Morgan fingerprint density at radius 3 is 2.70 bits per heavy atom. The van der Waals surface area contributed by atoms with Gasteiger partial charge in [-0.25, -0.2) is 4.98 Å². The van der Waals surface area contributed by atoms with Crippen LogP contribution in [-0.2, 0) is 25.7 Å². The second kappa shape index (κ2) is 8.06. The number of rotatable bonds is 5. The molecule has 3 aromatic carbocycles. The van der Waals surface area contributed by atoms with Crippen LogP contribution in [0.1, 0.15) is 33.0 Å². The minimum absolute atomic E-state index is 0.175. The molecule has 6 nitrogen and oxygen atoms in total. The second-order valence-corrected chi connectivity index (χ2v) is 8.44. The summed E-state index contributed by atoms with van der Waals surface area (Å²) in [6, 6.07) is 24.4. The molecule has 162 valence electrons. The molecule has 6 heteroatoms. The molecule has 1 aliphatic carbocycles. The molecule has 0 saturated carbocycles. The highest BCUT2D eigenvalue weighted by atomic mass is 16.1. The highest BCUT2D eigenvalue weighted by molar-refractivity contribution is 6.05. The summed E-state index contributed by atoms with van der Waals surface area (Å²) in [7, 11) is 0. The Morgan fingerprint density at radius 1 is 0.939 bits per heavy atom. The number of imidazole rings is 1. The summed E-state index contributed by atoms with van der Waals surface area (Å²) in [5, 5.41) is 10.4. The maximum Gasteiger partial charge on any atom is 0.273 e. The lowest BCUT2D eigenvalue weighted by Gasteiger charge is -2.15. The van der Waals surface area contributed by atoms with Crippen molar-refractivity contribution in [2.75, 3.05) is 5.32 Å². The van der Waals surface area contributed by atoms with E-state index in [4.69, 9.17) is 4.98 Å². The SMILES string of the molecule is O=C(Nc1ccc2nc(CCc3ccccc3)[nH]c2c1)c1[nH]nc2c1CCc1ccccc1-2. The lowest BCUT2D eigenvalue weighted by Crippen LogP contribution is -2.15. The van der Waals surface area contributed by atoms with Gasteiger partial charge in [0, 0.05) is 23.2 Å². The first-order valence-corrected chi connectivity index (χ1v) is 11.2. The molecule has 3 N–H and O–H groups in total. The Bertz CT molecular complexity index is 1460. The molecular weight excluding hydrogens is 410 g/mol. The van der Waals surface area contributed by atoms with Crippen molar-refractivity contribution >= 4 is 22.6 Å². The Morgan fingerprint density at radius 2 is 1.79 bits per heavy atom. The second-order valence-electron chi connectivity index (χ2n) is 8.44. The van der Waals surface area contributed by atoms with Crippen molar-refractivity contribution in [3.05, 3.63) is 101 Å². The average Bonchev–Trinajstić information content (AvgIpc) is 3.47. The fourth-order valence-electron chi connectivity index (χ4n) is 4.61. The number of hydrogen-bond acceptors (Lipinski definition) is 3. The smallest absolute Gasteiger partial charge is 0.273 e. The fraction of sp³-hybridized carbons (Fsp3) is 0.148. The molecule has 33 heavy (non-hydrogen) atoms. The summed E-state index contributed by atoms with van der Waals surface area (Å²) in [6.45, 7) is 0. The number of H-pyrrole nitrogens is 2. The molecule has 1 aliphatic rings. The van der Waals surface area contributed by atoms with Crippen LogP contribution in [0.2, 0.25) is 0 Å². The Kier molecular flexibility index (Phi) is 4.76. The number of aryl methyl sites for hydroxylation is 3. The minimum atomic E-state index is -0.175. The standard InChI is InChI=1S/C27H23N5O/c33-27(26-21-13-11-18-8-4-5-9-20(18)25(21)31-32-26)28-19-12-14-22-23(16-19)30-24(29-22)15-10-17-6-2-1-3-7-17/h1-9,12,14,16H,10-11,13,15H2,(H,28,33)(H,29,30)(H,31,32). The van der Waals surface area contributed by atoms with E-state index in [1.165, 1.54) is 11.1 Å². The molecule has 0 fully saturated rings. The number of aromatic amines is 2. The highest BCUT2D eigenvalue weighted by Crippen LogP contribution is 2.33. The van der Waals surface area contributed by atoms with Crippen LogP contribution in [0.15, 0.2) is 72.8 Å². The largest absolute Gasteiger partial charge is 0.342 e. The molecule has 2 aromatic heterocycles. The van der Waals surface area contributed by atoms with Gasteiger partial charge in [-0.15, -0.1) is 0 Å².